The largest absolute Gasteiger partial charge is 0.341 e. The molecule has 10 N–H and O–H groups in total. The number of carbonyl (C=O) groups excluding carboxylic acids is 4. The van der Waals surface area contributed by atoms with Gasteiger partial charge in [0, 0.05) is 39.3 Å². The number of nitrogens with one attached hydrogen (secondary N) is 8. The van der Waals surface area contributed by atoms with E-state index in [9.17, 15) is 19.2 Å². The summed E-state index contributed by atoms with van der Waals surface area (Å²) in [7, 11) is 1.53. The van der Waals surface area contributed by atoms with Crippen LogP contribution in [0.1, 0.15) is 22.3 Å². The molecule has 13 heteroatoms. The third-order valence-corrected chi connectivity index (χ3v) is 8.60. The molecule has 0 radical (unpaired) electrons. The Hall–Kier alpha value is -6.08. The zero-order valence-corrected chi connectivity index (χ0v) is 30.7. The van der Waals surface area contributed by atoms with Crippen molar-refractivity contribution in [2.24, 2.45) is 5.73 Å². The fraction of sp³-hybridized carbons (Fsp3) is 0.317. The van der Waals surface area contributed by atoms with Crippen molar-refractivity contribution < 1.29 is 19.2 Å². The van der Waals surface area contributed by atoms with Crippen LogP contribution in [0.5, 0.6) is 0 Å². The van der Waals surface area contributed by atoms with Gasteiger partial charge >= 0.3 is 24.1 Å². The van der Waals surface area contributed by atoms with E-state index in [4.69, 9.17) is 5.73 Å². The monoisotopic (exact) mass is 735 g/mol. The van der Waals surface area contributed by atoms with Crippen molar-refractivity contribution in [3.8, 4) is 0 Å². The molecule has 0 heterocycles. The molecule has 13 nitrogen and oxygen atoms in total. The lowest BCUT2D eigenvalue weighted by Crippen LogP contribution is -2.55. The Bertz CT molecular complexity index is 1700. The Morgan fingerprint density at radius 2 is 0.704 bits per heavy atom. The third kappa shape index (κ3) is 16.1. The van der Waals surface area contributed by atoms with E-state index in [1.54, 1.807) is 0 Å². The van der Waals surface area contributed by atoms with Crippen molar-refractivity contribution in [1.29, 1.82) is 0 Å². The molecule has 4 aromatic rings. The summed E-state index contributed by atoms with van der Waals surface area (Å²) in [6, 6.07) is 35.7. The van der Waals surface area contributed by atoms with Crippen LogP contribution in [0.2, 0.25) is 0 Å². The minimum Gasteiger partial charge on any atom is -0.341 e. The van der Waals surface area contributed by atoms with Gasteiger partial charge in [-0.25, -0.2) is 19.2 Å². The second-order valence-corrected chi connectivity index (χ2v) is 13.1. The van der Waals surface area contributed by atoms with E-state index in [0.717, 1.165) is 22.3 Å². The van der Waals surface area contributed by atoms with Gasteiger partial charge in [-0.15, -0.1) is 0 Å². The van der Waals surface area contributed by atoms with E-state index < -0.39 is 24.1 Å². The summed E-state index contributed by atoms with van der Waals surface area (Å²) in [6.07, 6.45) is 2.07. The summed E-state index contributed by atoms with van der Waals surface area (Å²) in [4.78, 5) is 51.3. The maximum Gasteiger partial charge on any atom is 0.315 e. The standard InChI is InChI=1S/C41H53N9O4/c1-43-38(51)45-27-35(23-31-16-8-3-9-17-31)49-40(53)47-29-37(25-33-20-12-5-13-21-33)50-41(54)46-28-36(24-32-18-10-4-11-19-32)48-39(52)44-26-34(42)22-30-14-6-2-7-15-30/h2-21,34-37H,22-29,42H2,1H3,(H2,43,45,51)(H2,44,48,52)(H2,46,50,54)(H2,47,49,53)/t34-,35-,36-,37-/m1/s1. The molecule has 286 valence electrons. The molecule has 0 aliphatic rings. The summed E-state index contributed by atoms with van der Waals surface area (Å²) < 4.78 is 0. The van der Waals surface area contributed by atoms with Crippen LogP contribution in [-0.4, -0.2) is 81.5 Å². The molecule has 4 aromatic carbocycles. The first-order valence-corrected chi connectivity index (χ1v) is 18.3. The number of carbonyl (C=O) groups is 4. The number of benzene rings is 4. The van der Waals surface area contributed by atoms with Crippen LogP contribution in [0, 0.1) is 0 Å². The molecule has 0 bridgehead atoms. The molecular weight excluding hydrogens is 683 g/mol. The van der Waals surface area contributed by atoms with Gasteiger partial charge < -0.3 is 48.3 Å². The van der Waals surface area contributed by atoms with Gasteiger partial charge in [-0.05, 0) is 47.9 Å². The first kappa shape index (κ1) is 40.7. The SMILES string of the molecule is CNC(=O)NC[C@@H](Cc1ccccc1)NC(=O)NC[C@@H](Cc1ccccc1)NC(=O)NC[C@@H](Cc1ccccc1)NC(=O)NC[C@H](N)Cc1ccccc1. The van der Waals surface area contributed by atoms with Gasteiger partial charge in [0.1, 0.15) is 0 Å². The van der Waals surface area contributed by atoms with Gasteiger partial charge in [0.05, 0.1) is 18.1 Å². The van der Waals surface area contributed by atoms with Crippen LogP contribution >= 0.6 is 0 Å². The molecule has 54 heavy (non-hydrogen) atoms. The Labute approximate surface area is 317 Å². The molecular formula is C41H53N9O4. The van der Waals surface area contributed by atoms with Crippen molar-refractivity contribution in [2.75, 3.05) is 33.2 Å². The minimum absolute atomic E-state index is 0.131. The van der Waals surface area contributed by atoms with Crippen molar-refractivity contribution in [3.63, 3.8) is 0 Å². The maximum absolute atomic E-state index is 13.3. The molecule has 0 unspecified atom stereocenters. The number of urea groups is 4. The number of amides is 8. The molecule has 0 aromatic heterocycles. The van der Waals surface area contributed by atoms with Crippen LogP contribution in [0.4, 0.5) is 19.2 Å². The first-order chi connectivity index (χ1) is 26.2. The van der Waals surface area contributed by atoms with E-state index >= 15 is 0 Å². The fourth-order valence-corrected chi connectivity index (χ4v) is 5.88. The second-order valence-electron chi connectivity index (χ2n) is 13.1. The summed E-state index contributed by atoms with van der Waals surface area (Å²) >= 11 is 0. The molecule has 0 aliphatic carbocycles. The highest BCUT2D eigenvalue weighted by atomic mass is 16.2. The summed E-state index contributed by atoms with van der Waals surface area (Å²) in [5, 5.41) is 22.9. The zero-order valence-electron chi connectivity index (χ0n) is 30.7. The molecule has 4 atom stereocenters. The molecule has 8 amide bonds. The van der Waals surface area contributed by atoms with E-state index in [0.29, 0.717) is 25.7 Å². The third-order valence-electron chi connectivity index (χ3n) is 8.60. The maximum atomic E-state index is 13.3. The van der Waals surface area contributed by atoms with Crippen LogP contribution in [0.25, 0.3) is 0 Å². The summed E-state index contributed by atoms with van der Waals surface area (Å²) in [5.41, 5.74) is 10.4. The Kier molecular flexibility index (Phi) is 17.2. The van der Waals surface area contributed by atoms with Gasteiger partial charge in [0.25, 0.3) is 0 Å². The average Bonchev–Trinajstić information content (AvgIpc) is 3.18. The van der Waals surface area contributed by atoms with Gasteiger partial charge in [0.15, 0.2) is 0 Å². The normalized spacial score (nSPS) is 12.9. The van der Waals surface area contributed by atoms with Gasteiger partial charge in [-0.3, -0.25) is 0 Å². The Morgan fingerprint density at radius 3 is 1.02 bits per heavy atom. The molecule has 0 saturated heterocycles. The van der Waals surface area contributed by atoms with E-state index in [-0.39, 0.29) is 50.3 Å². The van der Waals surface area contributed by atoms with Gasteiger partial charge in [0.2, 0.25) is 0 Å². The Balaban J connectivity index is 1.33. The lowest BCUT2D eigenvalue weighted by atomic mass is 10.1. The molecule has 4 rings (SSSR count). The quantitative estimate of drug-likeness (QED) is 0.0714. The lowest BCUT2D eigenvalue weighted by Gasteiger charge is -2.24. The highest BCUT2D eigenvalue weighted by molar-refractivity contribution is 5.77. The molecule has 0 aliphatic heterocycles. The fourth-order valence-electron chi connectivity index (χ4n) is 5.88. The van der Waals surface area contributed by atoms with Crippen molar-refractivity contribution in [2.45, 2.75) is 49.9 Å². The predicted molar refractivity (Wildman–Crippen MR) is 212 cm³/mol. The number of hydrogen-bond acceptors (Lipinski definition) is 5. The molecule has 0 saturated carbocycles. The van der Waals surface area contributed by atoms with Crippen LogP contribution in [-0.2, 0) is 25.7 Å². The highest BCUT2D eigenvalue weighted by Crippen LogP contribution is 2.07. The van der Waals surface area contributed by atoms with E-state index in [1.807, 2.05) is 121 Å². The van der Waals surface area contributed by atoms with Crippen molar-refractivity contribution in [1.82, 2.24) is 42.5 Å². The van der Waals surface area contributed by atoms with Gasteiger partial charge in [-0.2, -0.15) is 0 Å². The van der Waals surface area contributed by atoms with Gasteiger partial charge in [-0.1, -0.05) is 121 Å². The Morgan fingerprint density at radius 1 is 0.426 bits per heavy atom. The summed E-state index contributed by atoms with van der Waals surface area (Å²) in [5.74, 6) is 0. The van der Waals surface area contributed by atoms with Crippen LogP contribution < -0.4 is 48.3 Å². The highest BCUT2D eigenvalue weighted by Gasteiger charge is 2.20. The minimum atomic E-state index is -0.468. The smallest absolute Gasteiger partial charge is 0.315 e. The lowest BCUT2D eigenvalue weighted by molar-refractivity contribution is 0.226. The number of nitrogens with two attached hydrogens (primary N) is 1. The topological polar surface area (TPSA) is 191 Å². The average molecular weight is 736 g/mol. The molecule has 0 spiro atoms. The second kappa shape index (κ2) is 22.8. The number of rotatable bonds is 19. The summed E-state index contributed by atoms with van der Waals surface area (Å²) in [6.45, 7) is 0.779. The number of hydrogen-bond donors (Lipinski definition) is 9. The first-order valence-electron chi connectivity index (χ1n) is 18.3. The van der Waals surface area contributed by atoms with Crippen LogP contribution in [0.3, 0.4) is 0 Å². The van der Waals surface area contributed by atoms with Crippen molar-refractivity contribution >= 4 is 24.1 Å². The van der Waals surface area contributed by atoms with Crippen molar-refractivity contribution in [3.05, 3.63) is 144 Å². The zero-order chi connectivity index (χ0) is 38.4. The predicted octanol–water partition coefficient (Wildman–Crippen LogP) is 3.22. The van der Waals surface area contributed by atoms with E-state index in [2.05, 4.69) is 42.5 Å². The van der Waals surface area contributed by atoms with E-state index in [1.165, 1.54) is 7.05 Å². The molecule has 0 fully saturated rings. The van der Waals surface area contributed by atoms with Crippen LogP contribution in [0.15, 0.2) is 121 Å².